The molecule has 0 aliphatic carbocycles. The summed E-state index contributed by atoms with van der Waals surface area (Å²) in [5.74, 6) is 1.71. The maximum Gasteiger partial charge on any atom is 0.193 e. The number of rotatable bonds is 19. The fraction of sp³-hybridized carbons (Fsp3) is 0.316. The fourth-order valence-electron chi connectivity index (χ4n) is 4.92. The van der Waals surface area contributed by atoms with Crippen LogP contribution in [0.25, 0.3) is 0 Å². The Bertz CT molecular complexity index is 1220. The van der Waals surface area contributed by atoms with Crippen LogP contribution in [0, 0.1) is 0 Å². The first kappa shape index (κ1) is 30.8. The number of hydrogen-bond donors (Lipinski definition) is 0. The summed E-state index contributed by atoms with van der Waals surface area (Å²) in [5.41, 5.74) is 2.77. The lowest BCUT2D eigenvalue weighted by Crippen LogP contribution is -2.02. The lowest BCUT2D eigenvalue weighted by atomic mass is 10.0. The lowest BCUT2D eigenvalue weighted by molar-refractivity contribution is 0.103. The minimum Gasteiger partial charge on any atom is -0.494 e. The predicted molar refractivity (Wildman–Crippen MR) is 170 cm³/mol. The van der Waals surface area contributed by atoms with Crippen LogP contribution in [0.15, 0.2) is 109 Å². The van der Waals surface area contributed by atoms with Gasteiger partial charge in [0.2, 0.25) is 0 Å². The van der Waals surface area contributed by atoms with Gasteiger partial charge in [0, 0.05) is 22.3 Å². The van der Waals surface area contributed by atoms with Crippen molar-refractivity contribution in [3.8, 4) is 11.5 Å². The van der Waals surface area contributed by atoms with E-state index in [9.17, 15) is 9.59 Å². The minimum atomic E-state index is 0.0353. The third-order valence-electron chi connectivity index (χ3n) is 7.38. The van der Waals surface area contributed by atoms with Crippen LogP contribution in [-0.4, -0.2) is 24.8 Å². The van der Waals surface area contributed by atoms with E-state index in [0.29, 0.717) is 35.5 Å². The first-order valence-corrected chi connectivity index (χ1v) is 15.4. The summed E-state index contributed by atoms with van der Waals surface area (Å²) >= 11 is 0. The Balaban J connectivity index is 0.949. The molecule has 4 nitrogen and oxygen atoms in total. The van der Waals surface area contributed by atoms with E-state index in [1.54, 1.807) is 0 Å². The predicted octanol–water partition coefficient (Wildman–Crippen LogP) is 9.51. The van der Waals surface area contributed by atoms with Gasteiger partial charge in [-0.25, -0.2) is 0 Å². The number of ketones is 2. The highest BCUT2D eigenvalue weighted by molar-refractivity contribution is 6.09. The van der Waals surface area contributed by atoms with Crippen molar-refractivity contribution in [1.82, 2.24) is 0 Å². The Hall–Kier alpha value is -4.18. The van der Waals surface area contributed by atoms with E-state index >= 15 is 0 Å². The van der Waals surface area contributed by atoms with Gasteiger partial charge in [-0.2, -0.15) is 0 Å². The van der Waals surface area contributed by atoms with E-state index in [2.05, 4.69) is 0 Å². The van der Waals surface area contributed by atoms with Crippen LogP contribution in [0.1, 0.15) is 96.1 Å². The quantitative estimate of drug-likeness (QED) is 0.0843. The average molecular weight is 563 g/mol. The third kappa shape index (κ3) is 10.3. The van der Waals surface area contributed by atoms with Gasteiger partial charge in [-0.1, -0.05) is 112 Å². The molecule has 0 N–H and O–H groups in total. The van der Waals surface area contributed by atoms with Gasteiger partial charge in [-0.05, 0) is 61.4 Å². The number of hydrogen-bond acceptors (Lipinski definition) is 4. The standard InChI is InChI=1S/C38H42O4/c39-37(31-17-11-9-12-18-31)33-21-25-35(26-22-33)41-29-15-7-5-3-1-2-4-6-8-16-30-42-36-27-23-34(24-28-36)38(40)32-19-13-10-14-20-32/h9-14,17-28H,1-8,15-16,29-30H2. The molecule has 0 aliphatic heterocycles. The van der Waals surface area contributed by atoms with E-state index < -0.39 is 0 Å². The molecular formula is C38H42O4. The fourth-order valence-corrected chi connectivity index (χ4v) is 4.92. The first-order chi connectivity index (χ1) is 20.7. The molecule has 0 bridgehead atoms. The van der Waals surface area contributed by atoms with Crippen LogP contribution in [0.3, 0.4) is 0 Å². The smallest absolute Gasteiger partial charge is 0.193 e. The SMILES string of the molecule is O=C(c1ccccc1)c1ccc(OCCCCCCCCCCCCOc2ccc(C(=O)c3ccccc3)cc2)cc1. The maximum atomic E-state index is 12.5. The second-order valence-electron chi connectivity index (χ2n) is 10.7. The minimum absolute atomic E-state index is 0.0353. The van der Waals surface area contributed by atoms with Crippen LogP contribution >= 0.6 is 0 Å². The third-order valence-corrected chi connectivity index (χ3v) is 7.38. The topological polar surface area (TPSA) is 52.6 Å². The molecule has 0 saturated carbocycles. The highest BCUT2D eigenvalue weighted by atomic mass is 16.5. The largest absolute Gasteiger partial charge is 0.494 e. The van der Waals surface area contributed by atoms with Gasteiger partial charge in [-0.15, -0.1) is 0 Å². The van der Waals surface area contributed by atoms with Crippen molar-refractivity contribution >= 4 is 11.6 Å². The van der Waals surface area contributed by atoms with E-state index in [1.807, 2.05) is 109 Å². The summed E-state index contributed by atoms with van der Waals surface area (Å²) < 4.78 is 11.7. The van der Waals surface area contributed by atoms with Crippen molar-refractivity contribution in [2.45, 2.75) is 64.2 Å². The second kappa shape index (κ2) is 17.6. The molecule has 0 saturated heterocycles. The molecule has 4 rings (SSSR count). The van der Waals surface area contributed by atoms with E-state index in [1.165, 1.54) is 51.4 Å². The lowest BCUT2D eigenvalue weighted by Gasteiger charge is -2.08. The summed E-state index contributed by atoms with van der Waals surface area (Å²) in [7, 11) is 0. The van der Waals surface area contributed by atoms with Gasteiger partial charge in [0.05, 0.1) is 13.2 Å². The normalized spacial score (nSPS) is 10.8. The maximum absolute atomic E-state index is 12.5. The first-order valence-electron chi connectivity index (χ1n) is 15.4. The molecule has 218 valence electrons. The Kier molecular flexibility index (Phi) is 12.9. The number of benzene rings is 4. The highest BCUT2D eigenvalue weighted by Crippen LogP contribution is 2.18. The Morgan fingerprint density at radius 1 is 0.357 bits per heavy atom. The molecule has 0 atom stereocenters. The van der Waals surface area contributed by atoms with Crippen molar-refractivity contribution in [1.29, 1.82) is 0 Å². The van der Waals surface area contributed by atoms with Crippen LogP contribution < -0.4 is 9.47 Å². The molecule has 0 spiro atoms. The van der Waals surface area contributed by atoms with Crippen LogP contribution in [0.5, 0.6) is 11.5 Å². The summed E-state index contributed by atoms with van der Waals surface area (Å²) in [6.45, 7) is 1.42. The molecule has 4 aromatic rings. The van der Waals surface area contributed by atoms with Gasteiger partial charge in [0.15, 0.2) is 11.6 Å². The van der Waals surface area contributed by atoms with Crippen LogP contribution in [0.4, 0.5) is 0 Å². The van der Waals surface area contributed by atoms with Crippen molar-refractivity contribution < 1.29 is 19.1 Å². The molecule has 4 heteroatoms. The van der Waals surface area contributed by atoms with Gasteiger partial charge in [0.25, 0.3) is 0 Å². The van der Waals surface area contributed by atoms with Gasteiger partial charge < -0.3 is 9.47 Å². The second-order valence-corrected chi connectivity index (χ2v) is 10.7. The summed E-state index contributed by atoms with van der Waals surface area (Å²) in [5, 5.41) is 0. The molecule has 0 unspecified atom stereocenters. The average Bonchev–Trinajstić information content (AvgIpc) is 3.05. The zero-order valence-electron chi connectivity index (χ0n) is 24.5. The van der Waals surface area contributed by atoms with E-state index in [0.717, 1.165) is 24.3 Å². The monoisotopic (exact) mass is 562 g/mol. The summed E-state index contributed by atoms with van der Waals surface area (Å²) in [4.78, 5) is 25.0. The molecule has 0 radical (unpaired) electrons. The zero-order chi connectivity index (χ0) is 29.2. The summed E-state index contributed by atoms with van der Waals surface area (Å²) in [6.07, 6.45) is 12.1. The van der Waals surface area contributed by atoms with Crippen molar-refractivity contribution in [2.24, 2.45) is 0 Å². The van der Waals surface area contributed by atoms with Gasteiger partial charge in [-0.3, -0.25) is 9.59 Å². The summed E-state index contributed by atoms with van der Waals surface area (Å²) in [6, 6.07) is 33.6. The molecule has 0 aromatic heterocycles. The molecular weight excluding hydrogens is 520 g/mol. The van der Waals surface area contributed by atoms with Crippen LogP contribution in [-0.2, 0) is 0 Å². The van der Waals surface area contributed by atoms with Gasteiger partial charge >= 0.3 is 0 Å². The number of carbonyl (C=O) groups is 2. The molecule has 0 fully saturated rings. The Morgan fingerprint density at radius 2 is 0.643 bits per heavy atom. The number of carbonyl (C=O) groups excluding carboxylic acids is 2. The molecule has 0 heterocycles. The number of ether oxygens (including phenoxy) is 2. The molecule has 4 aromatic carbocycles. The highest BCUT2D eigenvalue weighted by Gasteiger charge is 2.09. The van der Waals surface area contributed by atoms with E-state index in [4.69, 9.17) is 9.47 Å². The number of unbranched alkanes of at least 4 members (excludes halogenated alkanes) is 9. The zero-order valence-corrected chi connectivity index (χ0v) is 24.5. The molecule has 0 aliphatic rings. The van der Waals surface area contributed by atoms with Crippen LogP contribution in [0.2, 0.25) is 0 Å². The van der Waals surface area contributed by atoms with Crippen molar-refractivity contribution in [3.63, 3.8) is 0 Å². The van der Waals surface area contributed by atoms with Gasteiger partial charge in [0.1, 0.15) is 11.5 Å². The molecule has 42 heavy (non-hydrogen) atoms. The van der Waals surface area contributed by atoms with Crippen molar-refractivity contribution in [3.05, 3.63) is 131 Å². The Labute approximate surface area is 250 Å². The Morgan fingerprint density at radius 3 is 0.976 bits per heavy atom. The molecule has 0 amide bonds. The van der Waals surface area contributed by atoms with Crippen molar-refractivity contribution in [2.75, 3.05) is 13.2 Å². The van der Waals surface area contributed by atoms with E-state index in [-0.39, 0.29) is 11.6 Å².